The Morgan fingerprint density at radius 1 is 1.45 bits per heavy atom. The van der Waals surface area contributed by atoms with Crippen LogP contribution in [-0.2, 0) is 0 Å². The third-order valence-electron chi connectivity index (χ3n) is 3.57. The molecule has 0 aliphatic carbocycles. The quantitative estimate of drug-likeness (QED) is 0.850. The highest BCUT2D eigenvalue weighted by Crippen LogP contribution is 2.29. The molecule has 0 saturated carbocycles. The predicted octanol–water partition coefficient (Wildman–Crippen LogP) is 3.18. The molecule has 1 atom stereocenters. The van der Waals surface area contributed by atoms with E-state index in [2.05, 4.69) is 16.4 Å². The summed E-state index contributed by atoms with van der Waals surface area (Å²) in [7, 11) is 0. The van der Waals surface area contributed by atoms with Gasteiger partial charge in [0.25, 0.3) is 0 Å². The van der Waals surface area contributed by atoms with Crippen molar-refractivity contribution in [2.24, 2.45) is 5.73 Å². The summed E-state index contributed by atoms with van der Waals surface area (Å²) in [5, 5.41) is 5.32. The van der Waals surface area contributed by atoms with Crippen LogP contribution in [0, 0.1) is 0 Å². The number of thiocarbonyl (C=S) groups is 1. The molecule has 0 amide bonds. The summed E-state index contributed by atoms with van der Waals surface area (Å²) in [6.45, 7) is 0.953. The number of nitrogens with one attached hydrogen (secondary N) is 1. The van der Waals surface area contributed by atoms with Gasteiger partial charge in [0.15, 0.2) is 0 Å². The van der Waals surface area contributed by atoms with Crippen LogP contribution in [0.5, 0.6) is 0 Å². The zero-order valence-electron chi connectivity index (χ0n) is 11.1. The molecule has 0 radical (unpaired) electrons. The van der Waals surface area contributed by atoms with Gasteiger partial charge in [-0.05, 0) is 24.7 Å². The first-order valence-corrected chi connectivity index (χ1v) is 8.24. The maximum Gasteiger partial charge on any atom is 0.107 e. The van der Waals surface area contributed by atoms with Gasteiger partial charge in [-0.1, -0.05) is 30.4 Å². The van der Waals surface area contributed by atoms with Gasteiger partial charge >= 0.3 is 0 Å². The molecule has 2 aromatic rings. The SMILES string of the molecule is NC(=S)c1cnc2ccccc2c1NCC1CCCS1. The van der Waals surface area contributed by atoms with E-state index in [1.165, 1.54) is 18.6 Å². The van der Waals surface area contributed by atoms with Crippen molar-refractivity contribution in [3.63, 3.8) is 0 Å². The number of nitrogens with zero attached hydrogens (tertiary/aromatic N) is 1. The Hall–Kier alpha value is -1.33. The van der Waals surface area contributed by atoms with Crippen molar-refractivity contribution < 1.29 is 0 Å². The van der Waals surface area contributed by atoms with Crippen molar-refractivity contribution in [1.29, 1.82) is 0 Å². The van der Waals surface area contributed by atoms with E-state index in [0.29, 0.717) is 10.2 Å². The number of nitrogens with two attached hydrogens (primary N) is 1. The zero-order valence-corrected chi connectivity index (χ0v) is 12.8. The van der Waals surface area contributed by atoms with Crippen molar-refractivity contribution in [2.45, 2.75) is 18.1 Å². The Bertz CT molecular complexity index is 636. The smallest absolute Gasteiger partial charge is 0.107 e. The van der Waals surface area contributed by atoms with Crippen LogP contribution in [0.1, 0.15) is 18.4 Å². The number of hydrogen-bond donors (Lipinski definition) is 2. The first-order valence-electron chi connectivity index (χ1n) is 6.79. The van der Waals surface area contributed by atoms with Crippen LogP contribution in [0.15, 0.2) is 30.5 Å². The van der Waals surface area contributed by atoms with Gasteiger partial charge in [-0.25, -0.2) is 0 Å². The number of thioether (sulfide) groups is 1. The van der Waals surface area contributed by atoms with E-state index >= 15 is 0 Å². The van der Waals surface area contributed by atoms with Crippen molar-refractivity contribution >= 4 is 45.6 Å². The number of hydrogen-bond acceptors (Lipinski definition) is 4. The topological polar surface area (TPSA) is 50.9 Å². The molecular weight excluding hydrogens is 286 g/mol. The van der Waals surface area contributed by atoms with E-state index in [-0.39, 0.29) is 0 Å². The summed E-state index contributed by atoms with van der Waals surface area (Å²) in [4.78, 5) is 4.82. The summed E-state index contributed by atoms with van der Waals surface area (Å²) in [6.07, 6.45) is 4.37. The molecule has 20 heavy (non-hydrogen) atoms. The maximum atomic E-state index is 5.84. The van der Waals surface area contributed by atoms with Gasteiger partial charge in [0.05, 0.1) is 16.8 Å². The fourth-order valence-corrected chi connectivity index (χ4v) is 3.90. The van der Waals surface area contributed by atoms with Crippen molar-refractivity contribution in [2.75, 3.05) is 17.6 Å². The normalized spacial score (nSPS) is 18.3. The molecule has 1 aliphatic heterocycles. The molecule has 1 aromatic carbocycles. The van der Waals surface area contributed by atoms with Crippen LogP contribution < -0.4 is 11.1 Å². The molecular formula is C15H17N3S2. The minimum absolute atomic E-state index is 0.393. The average molecular weight is 303 g/mol. The summed E-state index contributed by atoms with van der Waals surface area (Å²) < 4.78 is 0. The second kappa shape index (κ2) is 5.97. The second-order valence-corrected chi connectivity index (χ2v) is 6.79. The average Bonchev–Trinajstić information content (AvgIpc) is 2.97. The summed E-state index contributed by atoms with van der Waals surface area (Å²) in [5.41, 5.74) is 8.66. The third kappa shape index (κ3) is 2.74. The van der Waals surface area contributed by atoms with Crippen molar-refractivity contribution in [1.82, 2.24) is 4.98 Å². The second-order valence-electron chi connectivity index (χ2n) is 4.94. The standard InChI is InChI=1S/C15H17N3S2/c16-15(19)12-9-17-13-6-2-1-5-11(13)14(12)18-8-10-4-3-7-20-10/h1-2,5-6,9-10H,3-4,7-8H2,(H2,16,19)(H,17,18). The van der Waals surface area contributed by atoms with E-state index in [4.69, 9.17) is 18.0 Å². The van der Waals surface area contributed by atoms with Crippen LogP contribution in [0.4, 0.5) is 5.69 Å². The molecule has 1 unspecified atom stereocenters. The van der Waals surface area contributed by atoms with Crippen LogP contribution in [-0.4, -0.2) is 27.5 Å². The monoisotopic (exact) mass is 303 g/mol. The lowest BCUT2D eigenvalue weighted by Crippen LogP contribution is -2.18. The lowest BCUT2D eigenvalue weighted by atomic mass is 10.1. The highest BCUT2D eigenvalue weighted by molar-refractivity contribution is 8.00. The third-order valence-corrected chi connectivity index (χ3v) is 5.19. The van der Waals surface area contributed by atoms with Crippen LogP contribution in [0.2, 0.25) is 0 Å². The number of para-hydroxylation sites is 1. The van der Waals surface area contributed by atoms with Crippen LogP contribution in [0.25, 0.3) is 10.9 Å². The number of fused-ring (bicyclic) bond motifs is 1. The lowest BCUT2D eigenvalue weighted by Gasteiger charge is -2.16. The highest BCUT2D eigenvalue weighted by atomic mass is 32.2. The lowest BCUT2D eigenvalue weighted by molar-refractivity contribution is 0.806. The Morgan fingerprint density at radius 2 is 2.30 bits per heavy atom. The molecule has 5 heteroatoms. The number of benzene rings is 1. The molecule has 1 fully saturated rings. The zero-order chi connectivity index (χ0) is 13.9. The van der Waals surface area contributed by atoms with Gasteiger partial charge in [-0.3, -0.25) is 4.98 Å². The molecule has 3 nitrogen and oxygen atoms in total. The molecule has 104 valence electrons. The van der Waals surface area contributed by atoms with Gasteiger partial charge in [0, 0.05) is 23.4 Å². The van der Waals surface area contributed by atoms with Crippen LogP contribution >= 0.6 is 24.0 Å². The fourth-order valence-electron chi connectivity index (χ4n) is 2.54. The highest BCUT2D eigenvalue weighted by Gasteiger charge is 2.17. The van der Waals surface area contributed by atoms with Crippen molar-refractivity contribution in [3.8, 4) is 0 Å². The first kappa shape index (κ1) is 13.6. The Labute approximate surface area is 128 Å². The molecule has 2 heterocycles. The molecule has 1 aromatic heterocycles. The van der Waals surface area contributed by atoms with Gasteiger partial charge in [-0.2, -0.15) is 11.8 Å². The van der Waals surface area contributed by atoms with E-state index in [0.717, 1.165) is 28.7 Å². The van der Waals surface area contributed by atoms with E-state index < -0.39 is 0 Å². The van der Waals surface area contributed by atoms with E-state index in [9.17, 15) is 0 Å². The van der Waals surface area contributed by atoms with E-state index in [1.807, 2.05) is 30.0 Å². The first-order chi connectivity index (χ1) is 9.75. The summed E-state index contributed by atoms with van der Waals surface area (Å²) >= 11 is 7.19. The van der Waals surface area contributed by atoms with Gasteiger partial charge in [0.2, 0.25) is 0 Å². The Balaban J connectivity index is 1.96. The van der Waals surface area contributed by atoms with Gasteiger partial charge < -0.3 is 11.1 Å². The summed E-state index contributed by atoms with van der Waals surface area (Å²) in [6, 6.07) is 8.08. The number of anilines is 1. The Kier molecular flexibility index (Phi) is 4.08. The van der Waals surface area contributed by atoms with Gasteiger partial charge in [0.1, 0.15) is 4.99 Å². The van der Waals surface area contributed by atoms with Gasteiger partial charge in [-0.15, -0.1) is 0 Å². The minimum Gasteiger partial charge on any atom is -0.389 e. The molecule has 1 aliphatic rings. The van der Waals surface area contributed by atoms with Crippen molar-refractivity contribution in [3.05, 3.63) is 36.0 Å². The largest absolute Gasteiger partial charge is 0.389 e. The summed E-state index contributed by atoms with van der Waals surface area (Å²) in [5.74, 6) is 1.27. The Morgan fingerprint density at radius 3 is 3.05 bits per heavy atom. The molecule has 1 saturated heterocycles. The molecule has 0 bridgehead atoms. The van der Waals surface area contributed by atoms with E-state index in [1.54, 1.807) is 6.20 Å². The minimum atomic E-state index is 0.393. The molecule has 3 rings (SSSR count). The van der Waals surface area contributed by atoms with Crippen LogP contribution in [0.3, 0.4) is 0 Å². The molecule has 0 spiro atoms. The number of aromatic nitrogens is 1. The number of pyridine rings is 1. The molecule has 3 N–H and O–H groups in total. The maximum absolute atomic E-state index is 5.84. The predicted molar refractivity (Wildman–Crippen MR) is 91.6 cm³/mol. The number of rotatable bonds is 4. The fraction of sp³-hybridized carbons (Fsp3) is 0.333.